The molecule has 0 spiro atoms. The minimum atomic E-state index is -0.168. The van der Waals surface area contributed by atoms with Crippen molar-refractivity contribution in [2.24, 2.45) is 0 Å². The van der Waals surface area contributed by atoms with Gasteiger partial charge in [0, 0.05) is 48.7 Å². The minimum Gasteiger partial charge on any atom is -0.339 e. The number of benzene rings is 1. The Morgan fingerprint density at radius 3 is 2.62 bits per heavy atom. The number of halogens is 2. The van der Waals surface area contributed by atoms with Crippen LogP contribution in [0.5, 0.6) is 0 Å². The fraction of sp³-hybridized carbons (Fsp3) is 0.632. The van der Waals surface area contributed by atoms with Gasteiger partial charge in [0.15, 0.2) is 0 Å². The number of likely N-dealkylation sites (tertiary alicyclic amines) is 1. The van der Waals surface area contributed by atoms with Crippen LogP contribution in [0.3, 0.4) is 0 Å². The molecular weight excluding hydrogens is 389 g/mol. The number of carbonyl (C=O) groups excluding carboxylic acids is 1. The van der Waals surface area contributed by atoms with Crippen molar-refractivity contribution in [1.82, 2.24) is 14.7 Å². The van der Waals surface area contributed by atoms with Gasteiger partial charge in [0.2, 0.25) is 5.91 Å². The van der Waals surface area contributed by atoms with Gasteiger partial charge in [-0.15, -0.1) is 11.8 Å². The highest BCUT2D eigenvalue weighted by Gasteiger charge is 2.30. The molecule has 2 aliphatic rings. The number of piperidine rings is 1. The van der Waals surface area contributed by atoms with E-state index in [1.54, 1.807) is 12.1 Å². The fourth-order valence-corrected chi connectivity index (χ4v) is 5.30. The van der Waals surface area contributed by atoms with Crippen LogP contribution < -0.4 is 0 Å². The van der Waals surface area contributed by atoms with Gasteiger partial charge < -0.3 is 9.80 Å². The Labute approximate surface area is 170 Å². The number of piperazine rings is 1. The van der Waals surface area contributed by atoms with Crippen LogP contribution in [0.4, 0.5) is 0 Å². The first-order chi connectivity index (χ1) is 12.4. The van der Waals surface area contributed by atoms with Gasteiger partial charge in [-0.1, -0.05) is 23.2 Å². The predicted molar refractivity (Wildman–Crippen MR) is 110 cm³/mol. The molecule has 1 aromatic carbocycles. The zero-order valence-corrected chi connectivity index (χ0v) is 17.8. The quantitative estimate of drug-likeness (QED) is 0.700. The van der Waals surface area contributed by atoms with Gasteiger partial charge in [-0.05, 0) is 51.6 Å². The number of carbonyl (C=O) groups is 1. The number of rotatable bonds is 4. The Bertz CT molecular complexity index is 637. The Hall–Kier alpha value is -0.460. The van der Waals surface area contributed by atoms with Crippen molar-refractivity contribution in [2.45, 2.75) is 36.0 Å². The Morgan fingerprint density at radius 1 is 1.19 bits per heavy atom. The topological polar surface area (TPSA) is 26.8 Å². The van der Waals surface area contributed by atoms with Gasteiger partial charge in [0.1, 0.15) is 0 Å². The molecule has 2 saturated heterocycles. The summed E-state index contributed by atoms with van der Waals surface area (Å²) in [7, 11) is 2.20. The Morgan fingerprint density at radius 2 is 1.92 bits per heavy atom. The maximum Gasteiger partial charge on any atom is 0.235 e. The van der Waals surface area contributed by atoms with Crippen molar-refractivity contribution in [2.75, 3.05) is 46.3 Å². The summed E-state index contributed by atoms with van der Waals surface area (Å²) in [5, 5.41) is 1.12. The molecule has 2 aliphatic heterocycles. The normalized spacial score (nSPS) is 23.8. The van der Waals surface area contributed by atoms with Crippen LogP contribution in [0.25, 0.3) is 0 Å². The second kappa shape index (κ2) is 9.16. The molecule has 4 nitrogen and oxygen atoms in total. The summed E-state index contributed by atoms with van der Waals surface area (Å²) in [5.74, 6) is 0.187. The molecule has 2 heterocycles. The van der Waals surface area contributed by atoms with Crippen LogP contribution in [0.2, 0.25) is 10.0 Å². The lowest BCUT2D eigenvalue weighted by Crippen LogP contribution is -2.56. The van der Waals surface area contributed by atoms with Gasteiger partial charge in [0.25, 0.3) is 0 Å². The molecule has 0 N–H and O–H groups in total. The van der Waals surface area contributed by atoms with Gasteiger partial charge in [0.05, 0.1) is 10.3 Å². The Balaban J connectivity index is 1.52. The maximum atomic E-state index is 12.8. The number of thioether (sulfide) groups is 1. The largest absolute Gasteiger partial charge is 0.339 e. The van der Waals surface area contributed by atoms with Gasteiger partial charge in [-0.2, -0.15) is 0 Å². The van der Waals surface area contributed by atoms with Crippen LogP contribution in [-0.4, -0.2) is 78.2 Å². The summed E-state index contributed by atoms with van der Waals surface area (Å²) in [6.45, 7) is 7.87. The second-order valence-electron chi connectivity index (χ2n) is 7.25. The van der Waals surface area contributed by atoms with Crippen molar-refractivity contribution >= 4 is 40.9 Å². The molecule has 144 valence electrons. The monoisotopic (exact) mass is 415 g/mol. The summed E-state index contributed by atoms with van der Waals surface area (Å²) in [5.41, 5.74) is 0. The van der Waals surface area contributed by atoms with E-state index in [2.05, 4.69) is 16.8 Å². The number of nitrogens with zero attached hydrogens (tertiary/aromatic N) is 3. The summed E-state index contributed by atoms with van der Waals surface area (Å²) < 4.78 is 0. The fourth-order valence-electron chi connectivity index (χ4n) is 3.81. The molecule has 0 bridgehead atoms. The van der Waals surface area contributed by atoms with E-state index in [0.29, 0.717) is 16.1 Å². The third-order valence-corrected chi connectivity index (χ3v) is 7.11. The van der Waals surface area contributed by atoms with E-state index < -0.39 is 0 Å². The van der Waals surface area contributed by atoms with Crippen molar-refractivity contribution in [3.05, 3.63) is 28.2 Å². The molecule has 1 aromatic rings. The molecule has 26 heavy (non-hydrogen) atoms. The molecular formula is C19H27Cl2N3OS. The highest BCUT2D eigenvalue weighted by atomic mass is 35.5. The van der Waals surface area contributed by atoms with Gasteiger partial charge in [-0.25, -0.2) is 0 Å². The smallest absolute Gasteiger partial charge is 0.235 e. The third-order valence-electron chi connectivity index (χ3n) is 5.29. The lowest BCUT2D eigenvalue weighted by molar-refractivity contribution is -0.132. The van der Waals surface area contributed by atoms with Crippen LogP contribution >= 0.6 is 35.0 Å². The lowest BCUT2D eigenvalue weighted by Gasteiger charge is -2.43. The number of hydrogen-bond acceptors (Lipinski definition) is 4. The van der Waals surface area contributed by atoms with Crippen molar-refractivity contribution in [3.8, 4) is 0 Å². The summed E-state index contributed by atoms with van der Waals surface area (Å²) >= 11 is 13.8. The number of likely N-dealkylation sites (N-methyl/N-ethyl adjacent to an activating group) is 1. The average molecular weight is 416 g/mol. The van der Waals surface area contributed by atoms with E-state index in [1.807, 2.05) is 17.9 Å². The third kappa shape index (κ3) is 5.08. The Kier molecular flexibility index (Phi) is 7.14. The highest BCUT2D eigenvalue weighted by Crippen LogP contribution is 2.33. The molecule has 0 saturated carbocycles. The lowest BCUT2D eigenvalue weighted by atomic mass is 10.0. The molecule has 2 unspecified atom stereocenters. The first-order valence-corrected chi connectivity index (χ1v) is 10.9. The number of hydrogen-bond donors (Lipinski definition) is 0. The summed E-state index contributed by atoms with van der Waals surface area (Å²) in [6, 6.07) is 6.02. The first-order valence-electron chi connectivity index (χ1n) is 9.27. The maximum absolute atomic E-state index is 12.8. The number of amides is 1. The first kappa shape index (κ1) is 20.3. The molecule has 2 fully saturated rings. The van der Waals surface area contributed by atoms with Crippen molar-refractivity contribution < 1.29 is 4.79 Å². The van der Waals surface area contributed by atoms with Gasteiger partial charge >= 0.3 is 0 Å². The van der Waals surface area contributed by atoms with E-state index in [4.69, 9.17) is 23.2 Å². The average Bonchev–Trinajstić information content (AvgIpc) is 2.64. The zero-order chi connectivity index (χ0) is 18.7. The molecule has 7 heteroatoms. The molecule has 3 rings (SSSR count). The molecule has 2 atom stereocenters. The molecule has 0 aliphatic carbocycles. The van der Waals surface area contributed by atoms with E-state index >= 15 is 0 Å². The van der Waals surface area contributed by atoms with E-state index in [1.165, 1.54) is 31.1 Å². The van der Waals surface area contributed by atoms with Crippen molar-refractivity contribution in [1.29, 1.82) is 0 Å². The van der Waals surface area contributed by atoms with E-state index in [-0.39, 0.29) is 11.2 Å². The van der Waals surface area contributed by atoms with Crippen molar-refractivity contribution in [3.63, 3.8) is 0 Å². The molecule has 0 aromatic heterocycles. The SMILES string of the molecule is CC(Sc1cc(Cl)ccc1Cl)C(=O)N1CCN(C2CCCN(C)C2)CC1. The van der Waals surface area contributed by atoms with Crippen LogP contribution in [0, 0.1) is 0 Å². The van der Waals surface area contributed by atoms with Crippen LogP contribution in [0.15, 0.2) is 23.1 Å². The van der Waals surface area contributed by atoms with Crippen LogP contribution in [0.1, 0.15) is 19.8 Å². The van der Waals surface area contributed by atoms with Gasteiger partial charge in [-0.3, -0.25) is 9.69 Å². The minimum absolute atomic E-state index is 0.168. The standard InChI is InChI=1S/C19H27Cl2N3OS/c1-14(26-18-12-15(20)5-6-17(18)21)19(25)24-10-8-23(9-11-24)16-4-3-7-22(2)13-16/h5-6,12,14,16H,3-4,7-11,13H2,1-2H3. The molecule has 0 radical (unpaired) electrons. The predicted octanol–water partition coefficient (Wildman–Crippen LogP) is 3.71. The molecule has 1 amide bonds. The summed E-state index contributed by atoms with van der Waals surface area (Å²) in [4.78, 5) is 20.7. The zero-order valence-electron chi connectivity index (χ0n) is 15.5. The highest BCUT2D eigenvalue weighted by molar-refractivity contribution is 8.00. The second-order valence-corrected chi connectivity index (χ2v) is 9.48. The van der Waals surface area contributed by atoms with E-state index in [0.717, 1.165) is 37.6 Å². The van der Waals surface area contributed by atoms with Crippen LogP contribution in [-0.2, 0) is 4.79 Å². The van der Waals surface area contributed by atoms with E-state index in [9.17, 15) is 4.79 Å². The summed E-state index contributed by atoms with van der Waals surface area (Å²) in [6.07, 6.45) is 2.55.